The SMILES string of the molecule is CC(C)(C)S(=O)NC(CF)(CS(=O)(=O)C(C)(C)C#N)c1cc(Br)ccc1F.CC1(C)C(N)=NC(CF)(c2cc(Br)ccc2F)CS1(=O)=O.Cl.Cl. The molecule has 2 aromatic rings. The molecule has 3 atom stereocenters. The number of sulfone groups is 2. The van der Waals surface area contributed by atoms with Crippen LogP contribution in [0.5, 0.6) is 0 Å². The summed E-state index contributed by atoms with van der Waals surface area (Å²) in [7, 11) is -9.92. The van der Waals surface area contributed by atoms with Crippen LogP contribution in [0.15, 0.2) is 50.3 Å². The Labute approximate surface area is 323 Å². The summed E-state index contributed by atoms with van der Waals surface area (Å²) in [4.78, 5) is 4.03. The van der Waals surface area contributed by atoms with Crippen LogP contribution >= 0.6 is 56.7 Å². The summed E-state index contributed by atoms with van der Waals surface area (Å²) in [5.41, 5.74) is 1.36. The number of aliphatic imine (C=N–C) groups is 1. The average molecular weight is 940 g/mol. The average Bonchev–Trinajstić information content (AvgIpc) is 2.97. The molecule has 0 radical (unpaired) electrons. The lowest BCUT2D eigenvalue weighted by Gasteiger charge is -2.38. The van der Waals surface area contributed by atoms with Crippen molar-refractivity contribution in [3.8, 4) is 6.07 Å². The van der Waals surface area contributed by atoms with Crippen molar-refractivity contribution >= 4 is 93.2 Å². The normalized spacial score (nSPS) is 20.3. The van der Waals surface area contributed by atoms with E-state index in [-0.39, 0.29) is 41.8 Å². The highest BCUT2D eigenvalue weighted by Gasteiger charge is 2.52. The lowest BCUT2D eigenvalue weighted by Crippen LogP contribution is -2.56. The molecule has 1 aliphatic rings. The van der Waals surface area contributed by atoms with Gasteiger partial charge in [0.25, 0.3) is 0 Å². The molecule has 1 heterocycles. The van der Waals surface area contributed by atoms with Gasteiger partial charge in [-0.2, -0.15) is 5.26 Å². The Morgan fingerprint density at radius 2 is 1.52 bits per heavy atom. The summed E-state index contributed by atoms with van der Waals surface area (Å²) < 4.78 is 119. The molecule has 0 aliphatic carbocycles. The first-order valence-corrected chi connectivity index (χ1v) is 20.2. The molecule has 50 heavy (non-hydrogen) atoms. The second kappa shape index (κ2) is 17.2. The van der Waals surface area contributed by atoms with Crippen LogP contribution in [0.1, 0.15) is 59.6 Å². The third-order valence-electron chi connectivity index (χ3n) is 7.81. The van der Waals surface area contributed by atoms with E-state index in [1.165, 1.54) is 52.0 Å². The first-order valence-electron chi connectivity index (χ1n) is 14.1. The molecule has 0 saturated carbocycles. The number of rotatable bonds is 9. The van der Waals surface area contributed by atoms with Crippen LogP contribution in [0.2, 0.25) is 0 Å². The van der Waals surface area contributed by atoms with Crippen LogP contribution in [0.25, 0.3) is 0 Å². The van der Waals surface area contributed by atoms with E-state index in [0.29, 0.717) is 8.95 Å². The van der Waals surface area contributed by atoms with Gasteiger partial charge >= 0.3 is 0 Å². The minimum Gasteiger partial charge on any atom is -0.386 e. The number of halogens is 8. The van der Waals surface area contributed by atoms with Crippen molar-refractivity contribution in [3.05, 3.63) is 68.1 Å². The highest BCUT2D eigenvalue weighted by Crippen LogP contribution is 2.39. The van der Waals surface area contributed by atoms with Crippen LogP contribution in [0.4, 0.5) is 17.6 Å². The number of hydrogen-bond donors (Lipinski definition) is 2. The molecule has 9 nitrogen and oxygen atoms in total. The maximum Gasteiger partial charge on any atom is 0.171 e. The van der Waals surface area contributed by atoms with Gasteiger partial charge in [0, 0.05) is 20.1 Å². The molecule has 0 amide bonds. The van der Waals surface area contributed by atoms with Crippen molar-refractivity contribution in [3.63, 3.8) is 0 Å². The van der Waals surface area contributed by atoms with Crippen LogP contribution in [-0.4, -0.2) is 66.0 Å². The van der Waals surface area contributed by atoms with E-state index in [1.54, 1.807) is 26.8 Å². The molecule has 0 bridgehead atoms. The van der Waals surface area contributed by atoms with Gasteiger partial charge < -0.3 is 5.73 Å². The maximum absolute atomic E-state index is 14.6. The standard InChI is InChI=1S/C17H23BrF2N2O3S2.C13H15BrF2N2O2S.2ClH/c1-15(2,3)26(23)22-17(9-19,11-27(24,25)16(4,5)10-21)13-8-12(18)6-7-14(13)20;1-12(2)11(17)18-13(6-15,7-21(12,19)20)9-5-8(14)3-4-10(9)16;;/h6-8,22H,9,11H2,1-5H3;3-5H,6-7H2,1-2H3,(H2,17,18);2*1H. The Balaban J connectivity index is 0.000000947. The second-order valence-corrected chi connectivity index (χ2v) is 22.1. The molecule has 20 heteroatoms. The third-order valence-corrected chi connectivity index (χ3v) is 15.6. The highest BCUT2D eigenvalue weighted by atomic mass is 79.9. The minimum absolute atomic E-state index is 0. The van der Waals surface area contributed by atoms with E-state index in [4.69, 9.17) is 5.73 Å². The van der Waals surface area contributed by atoms with Crippen molar-refractivity contribution in [2.45, 2.75) is 73.8 Å². The van der Waals surface area contributed by atoms with Crippen LogP contribution in [-0.2, 0) is 41.7 Å². The van der Waals surface area contributed by atoms with Gasteiger partial charge in [-0.05, 0) is 84.9 Å². The fourth-order valence-corrected chi connectivity index (χ4v) is 9.07. The third kappa shape index (κ3) is 10.2. The molecule has 3 rings (SSSR count). The number of nitriles is 1. The van der Waals surface area contributed by atoms with Crippen LogP contribution in [0, 0.1) is 23.0 Å². The minimum atomic E-state index is -4.23. The topological polar surface area (TPSA) is 160 Å². The molecule has 0 aromatic heterocycles. The molecular formula is C30H40Br2Cl2F4N4O5S3. The van der Waals surface area contributed by atoms with Crippen molar-refractivity contribution < 1.29 is 38.6 Å². The lowest BCUT2D eigenvalue weighted by molar-refractivity contribution is 0.303. The van der Waals surface area contributed by atoms with Crippen LogP contribution < -0.4 is 10.5 Å². The number of alkyl halides is 2. The number of nitrogens with one attached hydrogen (secondary N) is 1. The summed E-state index contributed by atoms with van der Waals surface area (Å²) >= 11 is 6.33. The van der Waals surface area contributed by atoms with Gasteiger partial charge in [0.05, 0.1) is 33.3 Å². The van der Waals surface area contributed by atoms with Gasteiger partial charge in [-0.1, -0.05) is 31.9 Å². The summed E-state index contributed by atoms with van der Waals surface area (Å²) in [6.07, 6.45) is 0. The quantitative estimate of drug-likeness (QED) is 0.266. The van der Waals surface area contributed by atoms with Crippen LogP contribution in [0.3, 0.4) is 0 Å². The Morgan fingerprint density at radius 3 is 1.96 bits per heavy atom. The molecule has 3 N–H and O–H groups in total. The number of amidine groups is 1. The second-order valence-electron chi connectivity index (χ2n) is 13.3. The lowest BCUT2D eigenvalue weighted by atomic mass is 9.92. The van der Waals surface area contributed by atoms with Gasteiger partial charge in [0.1, 0.15) is 46.6 Å². The van der Waals surface area contributed by atoms with E-state index >= 15 is 0 Å². The van der Waals surface area contributed by atoms with Crippen molar-refractivity contribution in [1.29, 1.82) is 5.26 Å². The van der Waals surface area contributed by atoms with Crippen molar-refractivity contribution in [2.24, 2.45) is 10.7 Å². The number of nitrogens with zero attached hydrogens (tertiary/aromatic N) is 2. The Hall–Kier alpha value is -1.33. The van der Waals surface area contributed by atoms with Gasteiger partial charge in [0.2, 0.25) is 0 Å². The molecule has 284 valence electrons. The molecule has 0 spiro atoms. The summed E-state index contributed by atoms with van der Waals surface area (Å²) in [6.45, 7) is 7.52. The van der Waals surface area contributed by atoms with E-state index in [0.717, 1.165) is 12.1 Å². The molecule has 2 aromatic carbocycles. The van der Waals surface area contributed by atoms with Gasteiger partial charge in [-0.25, -0.2) is 43.3 Å². The Bertz CT molecular complexity index is 1880. The number of benzene rings is 2. The highest BCUT2D eigenvalue weighted by molar-refractivity contribution is 9.10. The molecule has 3 unspecified atom stereocenters. The molecular weight excluding hydrogens is 899 g/mol. The van der Waals surface area contributed by atoms with Crippen molar-refractivity contribution in [1.82, 2.24) is 4.72 Å². The summed E-state index contributed by atoms with van der Waals surface area (Å²) in [5, 5.41) is 9.19. The van der Waals surface area contributed by atoms with E-state index in [1.807, 2.05) is 0 Å². The zero-order valence-corrected chi connectivity index (χ0v) is 35.4. The molecule has 1 aliphatic heterocycles. The van der Waals surface area contributed by atoms with Gasteiger partial charge in [0.15, 0.2) is 24.4 Å². The zero-order chi connectivity index (χ0) is 37.3. The zero-order valence-electron chi connectivity index (χ0n) is 28.1. The predicted octanol–water partition coefficient (Wildman–Crippen LogP) is 6.68. The first kappa shape index (κ1) is 48.7. The number of hydrogen-bond acceptors (Lipinski definition) is 8. The van der Waals surface area contributed by atoms with Crippen molar-refractivity contribution in [2.75, 3.05) is 24.9 Å². The first-order chi connectivity index (χ1) is 21.7. The summed E-state index contributed by atoms with van der Waals surface area (Å²) in [6, 6.07) is 9.28. The Kier molecular flexibility index (Phi) is 16.8. The van der Waals surface area contributed by atoms with Gasteiger partial charge in [-0.3, -0.25) is 4.99 Å². The van der Waals surface area contributed by atoms with Gasteiger partial charge in [-0.15, -0.1) is 24.8 Å². The van der Waals surface area contributed by atoms with E-state index in [9.17, 15) is 43.9 Å². The summed E-state index contributed by atoms with van der Waals surface area (Å²) in [5.74, 6) is -3.35. The number of nitrogens with two attached hydrogens (primary N) is 1. The fourth-order valence-electron chi connectivity index (χ4n) is 4.25. The Morgan fingerprint density at radius 1 is 1.02 bits per heavy atom. The largest absolute Gasteiger partial charge is 0.386 e. The molecule has 0 fully saturated rings. The fraction of sp³-hybridized carbons (Fsp3) is 0.533. The van der Waals surface area contributed by atoms with E-state index in [2.05, 4.69) is 41.6 Å². The maximum atomic E-state index is 14.6. The predicted molar refractivity (Wildman–Crippen MR) is 202 cm³/mol. The smallest absolute Gasteiger partial charge is 0.171 e. The molecule has 0 saturated heterocycles. The van der Waals surface area contributed by atoms with E-state index < -0.39 is 92.5 Å². The monoisotopic (exact) mass is 936 g/mol.